The van der Waals surface area contributed by atoms with Gasteiger partial charge in [-0.25, -0.2) is 4.68 Å². The molecule has 2 aromatic heterocycles. The highest BCUT2D eigenvalue weighted by atomic mass is 32.1. The Labute approximate surface area is 128 Å². The van der Waals surface area contributed by atoms with E-state index in [0.29, 0.717) is 0 Å². The molecule has 4 heteroatoms. The Morgan fingerprint density at radius 3 is 3.00 bits per heavy atom. The maximum atomic E-state index is 4.91. The van der Waals surface area contributed by atoms with Gasteiger partial charge in [-0.1, -0.05) is 25.1 Å². The smallest absolute Gasteiger partial charge is 0.133 e. The van der Waals surface area contributed by atoms with Crippen LogP contribution in [0, 0.1) is 0 Å². The van der Waals surface area contributed by atoms with Gasteiger partial charge in [0.1, 0.15) is 5.82 Å². The van der Waals surface area contributed by atoms with Crippen LogP contribution in [0.5, 0.6) is 0 Å². The summed E-state index contributed by atoms with van der Waals surface area (Å²) >= 11 is 1.72. The van der Waals surface area contributed by atoms with Crippen LogP contribution < -0.4 is 5.32 Å². The molecule has 0 atom stereocenters. The van der Waals surface area contributed by atoms with E-state index in [1.165, 1.54) is 22.4 Å². The predicted molar refractivity (Wildman–Crippen MR) is 88.4 cm³/mol. The molecular formula is C17H17N3S. The van der Waals surface area contributed by atoms with Crippen molar-refractivity contribution in [2.45, 2.75) is 19.8 Å². The van der Waals surface area contributed by atoms with Crippen molar-refractivity contribution < 1.29 is 0 Å². The molecule has 0 bridgehead atoms. The van der Waals surface area contributed by atoms with Crippen LogP contribution in [0.25, 0.3) is 16.9 Å². The fraction of sp³-hybridized carbons (Fsp3) is 0.235. The second kappa shape index (κ2) is 5.04. The van der Waals surface area contributed by atoms with E-state index in [-0.39, 0.29) is 0 Å². The summed E-state index contributed by atoms with van der Waals surface area (Å²) < 4.78 is 2.09. The molecule has 0 fully saturated rings. The Bertz CT molecular complexity index is 771. The van der Waals surface area contributed by atoms with Gasteiger partial charge in [-0.15, -0.1) is 0 Å². The van der Waals surface area contributed by atoms with Crippen molar-refractivity contribution in [2.24, 2.45) is 0 Å². The van der Waals surface area contributed by atoms with Gasteiger partial charge in [-0.3, -0.25) is 0 Å². The van der Waals surface area contributed by atoms with E-state index in [1.54, 1.807) is 11.3 Å². The number of aromatic nitrogens is 2. The summed E-state index contributed by atoms with van der Waals surface area (Å²) in [5, 5.41) is 12.7. The summed E-state index contributed by atoms with van der Waals surface area (Å²) in [6, 6.07) is 10.7. The number of nitrogens with zero attached hydrogens (tertiary/aromatic N) is 2. The number of aryl methyl sites for hydroxylation is 1. The van der Waals surface area contributed by atoms with Crippen LogP contribution in [0.1, 0.15) is 18.1 Å². The number of hydrogen-bond donors (Lipinski definition) is 1. The summed E-state index contributed by atoms with van der Waals surface area (Å²) in [7, 11) is 0. The first-order valence-electron chi connectivity index (χ1n) is 7.35. The van der Waals surface area contributed by atoms with Crippen molar-refractivity contribution >= 4 is 17.2 Å². The normalized spacial score (nSPS) is 13.2. The number of benzene rings is 1. The van der Waals surface area contributed by atoms with Gasteiger partial charge in [0.05, 0.1) is 11.4 Å². The van der Waals surface area contributed by atoms with E-state index >= 15 is 0 Å². The molecule has 0 spiro atoms. The molecule has 0 amide bonds. The van der Waals surface area contributed by atoms with Crippen LogP contribution in [0.4, 0.5) is 5.82 Å². The second-order valence-corrected chi connectivity index (χ2v) is 6.04. The minimum absolute atomic E-state index is 0.999. The zero-order valence-electron chi connectivity index (χ0n) is 12.0. The van der Waals surface area contributed by atoms with Crippen LogP contribution in [0.3, 0.4) is 0 Å². The predicted octanol–water partition coefficient (Wildman–Crippen LogP) is 4.13. The number of thiophene rings is 1. The van der Waals surface area contributed by atoms with Crippen LogP contribution in [0.2, 0.25) is 0 Å². The zero-order chi connectivity index (χ0) is 14.2. The Kier molecular flexibility index (Phi) is 3.04. The molecule has 0 saturated carbocycles. The summed E-state index contributed by atoms with van der Waals surface area (Å²) in [5.41, 5.74) is 6.22. The van der Waals surface area contributed by atoms with Crippen molar-refractivity contribution in [1.82, 2.24) is 9.78 Å². The summed E-state index contributed by atoms with van der Waals surface area (Å²) in [6.45, 7) is 3.19. The van der Waals surface area contributed by atoms with Gasteiger partial charge < -0.3 is 5.32 Å². The quantitative estimate of drug-likeness (QED) is 0.787. The monoisotopic (exact) mass is 295 g/mol. The second-order valence-electron chi connectivity index (χ2n) is 5.26. The maximum absolute atomic E-state index is 4.91. The lowest BCUT2D eigenvalue weighted by molar-refractivity contribution is 0.866. The minimum atomic E-state index is 0.999. The molecular weight excluding hydrogens is 278 g/mol. The zero-order valence-corrected chi connectivity index (χ0v) is 12.8. The number of fused-ring (bicyclic) bond motifs is 1. The minimum Gasteiger partial charge on any atom is -0.369 e. The molecule has 0 saturated heterocycles. The van der Waals surface area contributed by atoms with E-state index in [9.17, 15) is 0 Å². The molecule has 0 radical (unpaired) electrons. The van der Waals surface area contributed by atoms with Crippen molar-refractivity contribution in [3.8, 4) is 16.9 Å². The molecule has 21 heavy (non-hydrogen) atoms. The number of anilines is 1. The average Bonchev–Trinajstić information content (AvgIpc) is 3.24. The third-order valence-electron chi connectivity index (χ3n) is 4.05. The van der Waals surface area contributed by atoms with E-state index in [0.717, 1.165) is 30.9 Å². The van der Waals surface area contributed by atoms with E-state index in [4.69, 9.17) is 5.10 Å². The SMILES string of the molecule is CCc1ccccc1-n1nc(-c2ccsc2)c2c1NCC2. The van der Waals surface area contributed by atoms with E-state index < -0.39 is 0 Å². The Morgan fingerprint density at radius 2 is 2.19 bits per heavy atom. The standard InChI is InChI=1S/C17H17N3S/c1-2-12-5-3-4-6-15(12)20-17-14(7-9-18-17)16(19-20)13-8-10-21-11-13/h3-6,8,10-11,18H,2,7,9H2,1H3. The molecule has 4 rings (SSSR count). The first-order chi connectivity index (χ1) is 10.4. The van der Waals surface area contributed by atoms with Gasteiger partial charge in [0.25, 0.3) is 0 Å². The van der Waals surface area contributed by atoms with E-state index in [2.05, 4.69) is 58.0 Å². The number of para-hydroxylation sites is 1. The summed E-state index contributed by atoms with van der Waals surface area (Å²) in [6.07, 6.45) is 2.06. The highest BCUT2D eigenvalue weighted by Gasteiger charge is 2.24. The van der Waals surface area contributed by atoms with Gasteiger partial charge >= 0.3 is 0 Å². The van der Waals surface area contributed by atoms with E-state index in [1.807, 2.05) is 0 Å². The lowest BCUT2D eigenvalue weighted by atomic mass is 10.1. The topological polar surface area (TPSA) is 29.9 Å². The highest BCUT2D eigenvalue weighted by molar-refractivity contribution is 7.08. The summed E-state index contributed by atoms with van der Waals surface area (Å²) in [5.74, 6) is 1.16. The van der Waals surface area contributed by atoms with Crippen LogP contribution in [0.15, 0.2) is 41.1 Å². The first-order valence-corrected chi connectivity index (χ1v) is 8.29. The van der Waals surface area contributed by atoms with Gasteiger partial charge in [-0.2, -0.15) is 16.4 Å². The van der Waals surface area contributed by atoms with Crippen LogP contribution in [-0.2, 0) is 12.8 Å². The van der Waals surface area contributed by atoms with Crippen molar-refractivity contribution in [2.75, 3.05) is 11.9 Å². The highest BCUT2D eigenvalue weighted by Crippen LogP contribution is 2.35. The van der Waals surface area contributed by atoms with Gasteiger partial charge in [0.2, 0.25) is 0 Å². The lowest BCUT2D eigenvalue weighted by Gasteiger charge is -2.10. The number of hydrogen-bond acceptors (Lipinski definition) is 3. The van der Waals surface area contributed by atoms with Crippen molar-refractivity contribution in [3.63, 3.8) is 0 Å². The maximum Gasteiger partial charge on any atom is 0.133 e. The third kappa shape index (κ3) is 1.98. The molecule has 3 nitrogen and oxygen atoms in total. The molecule has 3 aromatic rings. The lowest BCUT2D eigenvalue weighted by Crippen LogP contribution is -2.06. The van der Waals surface area contributed by atoms with Gasteiger partial charge in [-0.05, 0) is 35.9 Å². The van der Waals surface area contributed by atoms with Gasteiger partial charge in [0, 0.05) is 23.1 Å². The van der Waals surface area contributed by atoms with Gasteiger partial charge in [0.15, 0.2) is 0 Å². The third-order valence-corrected chi connectivity index (χ3v) is 4.73. The fourth-order valence-corrected chi connectivity index (χ4v) is 3.64. The van der Waals surface area contributed by atoms with Crippen LogP contribution in [-0.4, -0.2) is 16.3 Å². The van der Waals surface area contributed by atoms with Crippen LogP contribution >= 0.6 is 11.3 Å². The number of nitrogens with one attached hydrogen (secondary N) is 1. The molecule has 1 aliphatic heterocycles. The average molecular weight is 295 g/mol. The van der Waals surface area contributed by atoms with Crippen molar-refractivity contribution in [1.29, 1.82) is 0 Å². The molecule has 1 aliphatic rings. The Morgan fingerprint density at radius 1 is 1.29 bits per heavy atom. The Hall–Kier alpha value is -2.07. The molecule has 0 aliphatic carbocycles. The van der Waals surface area contributed by atoms with Crippen molar-refractivity contribution in [3.05, 3.63) is 52.2 Å². The Balaban J connectivity index is 1.93. The number of rotatable bonds is 3. The largest absolute Gasteiger partial charge is 0.369 e. The molecule has 1 N–H and O–H groups in total. The fourth-order valence-electron chi connectivity index (χ4n) is 3.00. The first kappa shape index (κ1) is 12.7. The molecule has 1 aromatic carbocycles. The molecule has 0 unspecified atom stereocenters. The summed E-state index contributed by atoms with van der Waals surface area (Å²) in [4.78, 5) is 0. The molecule has 3 heterocycles. The molecule has 106 valence electrons.